The Morgan fingerprint density at radius 2 is 2.28 bits per heavy atom. The van der Waals surface area contributed by atoms with E-state index in [9.17, 15) is 0 Å². The SMILES string of the molecule is NCCCc1nn2c(-c3cccnc3)nnc2s1. The lowest BCUT2D eigenvalue weighted by molar-refractivity contribution is 0.799. The van der Waals surface area contributed by atoms with Gasteiger partial charge in [-0.1, -0.05) is 11.3 Å². The van der Waals surface area contributed by atoms with Crippen molar-refractivity contribution in [3.63, 3.8) is 0 Å². The third kappa shape index (κ3) is 1.98. The van der Waals surface area contributed by atoms with Crippen molar-refractivity contribution >= 4 is 16.3 Å². The zero-order chi connectivity index (χ0) is 12.4. The highest BCUT2D eigenvalue weighted by Crippen LogP contribution is 2.21. The van der Waals surface area contributed by atoms with Crippen molar-refractivity contribution in [2.24, 2.45) is 5.73 Å². The molecule has 0 aromatic carbocycles. The van der Waals surface area contributed by atoms with Crippen molar-refractivity contribution in [1.82, 2.24) is 24.8 Å². The first-order valence-electron chi connectivity index (χ1n) is 5.70. The molecule has 3 aromatic heterocycles. The Balaban J connectivity index is 2.01. The van der Waals surface area contributed by atoms with Crippen molar-refractivity contribution in [3.8, 4) is 11.4 Å². The van der Waals surface area contributed by atoms with Crippen LogP contribution < -0.4 is 5.73 Å². The largest absolute Gasteiger partial charge is 0.330 e. The third-order valence-corrected chi connectivity index (χ3v) is 3.51. The molecule has 0 saturated heterocycles. The van der Waals surface area contributed by atoms with Gasteiger partial charge in [0.2, 0.25) is 4.96 Å². The second kappa shape index (κ2) is 4.79. The molecule has 18 heavy (non-hydrogen) atoms. The minimum atomic E-state index is 0.676. The van der Waals surface area contributed by atoms with Crippen LogP contribution >= 0.6 is 11.3 Å². The first-order chi connectivity index (χ1) is 8.88. The van der Waals surface area contributed by atoms with Crippen LogP contribution in [0.25, 0.3) is 16.3 Å². The molecule has 0 amide bonds. The van der Waals surface area contributed by atoms with Crippen LogP contribution in [0, 0.1) is 0 Å². The van der Waals surface area contributed by atoms with Crippen LogP contribution in [-0.4, -0.2) is 31.3 Å². The fourth-order valence-corrected chi connectivity index (χ4v) is 2.56. The van der Waals surface area contributed by atoms with Crippen LogP contribution in [0.4, 0.5) is 0 Å². The number of rotatable bonds is 4. The molecule has 2 N–H and O–H groups in total. The molecule has 3 rings (SSSR count). The molecular weight excluding hydrogens is 248 g/mol. The molecule has 0 atom stereocenters. The Morgan fingerprint density at radius 1 is 1.33 bits per heavy atom. The summed E-state index contributed by atoms with van der Waals surface area (Å²) in [5, 5.41) is 13.8. The van der Waals surface area contributed by atoms with Crippen LogP contribution in [0.3, 0.4) is 0 Å². The lowest BCUT2D eigenvalue weighted by atomic mass is 10.3. The summed E-state index contributed by atoms with van der Waals surface area (Å²) in [5.74, 6) is 0.730. The van der Waals surface area contributed by atoms with E-state index < -0.39 is 0 Å². The van der Waals surface area contributed by atoms with Crippen molar-refractivity contribution in [1.29, 1.82) is 0 Å². The molecule has 0 saturated carbocycles. The predicted octanol–water partition coefficient (Wildman–Crippen LogP) is 1.14. The summed E-state index contributed by atoms with van der Waals surface area (Å²) in [7, 11) is 0. The fourth-order valence-electron chi connectivity index (χ4n) is 1.69. The van der Waals surface area contributed by atoms with E-state index >= 15 is 0 Å². The van der Waals surface area contributed by atoms with Gasteiger partial charge in [-0.05, 0) is 25.1 Å². The Hall–Kier alpha value is -1.86. The maximum atomic E-state index is 5.50. The van der Waals surface area contributed by atoms with Crippen molar-refractivity contribution < 1.29 is 0 Å². The number of aryl methyl sites for hydroxylation is 1. The Bertz CT molecular complexity index is 644. The van der Waals surface area contributed by atoms with E-state index in [1.54, 1.807) is 28.2 Å². The number of fused-ring (bicyclic) bond motifs is 1. The zero-order valence-corrected chi connectivity index (χ0v) is 10.5. The smallest absolute Gasteiger partial charge is 0.234 e. The van der Waals surface area contributed by atoms with Gasteiger partial charge in [-0.3, -0.25) is 4.98 Å². The average molecular weight is 260 g/mol. The Morgan fingerprint density at radius 3 is 3.06 bits per heavy atom. The fraction of sp³-hybridized carbons (Fsp3) is 0.273. The standard InChI is InChI=1S/C11H12N6S/c12-5-1-4-9-16-17-10(14-15-11(17)18-9)8-3-2-6-13-7-8/h2-3,6-7H,1,4-5,12H2. The van der Waals surface area contributed by atoms with E-state index in [-0.39, 0.29) is 0 Å². The van der Waals surface area contributed by atoms with Gasteiger partial charge in [0.15, 0.2) is 5.82 Å². The van der Waals surface area contributed by atoms with Gasteiger partial charge in [-0.2, -0.15) is 9.61 Å². The highest BCUT2D eigenvalue weighted by atomic mass is 32.1. The molecule has 7 heteroatoms. The quantitative estimate of drug-likeness (QED) is 0.760. The molecule has 0 radical (unpaired) electrons. The topological polar surface area (TPSA) is 82.0 Å². The van der Waals surface area contributed by atoms with E-state index in [0.717, 1.165) is 34.2 Å². The first-order valence-corrected chi connectivity index (χ1v) is 6.51. The third-order valence-electron chi connectivity index (χ3n) is 2.55. The van der Waals surface area contributed by atoms with Gasteiger partial charge >= 0.3 is 0 Å². The van der Waals surface area contributed by atoms with Crippen LogP contribution in [-0.2, 0) is 6.42 Å². The molecule has 3 aromatic rings. The maximum absolute atomic E-state index is 5.50. The van der Waals surface area contributed by atoms with Crippen LogP contribution in [0.1, 0.15) is 11.4 Å². The van der Waals surface area contributed by atoms with Gasteiger partial charge in [0.05, 0.1) is 0 Å². The van der Waals surface area contributed by atoms with Crippen LogP contribution in [0.5, 0.6) is 0 Å². The number of hydrogen-bond acceptors (Lipinski definition) is 6. The van der Waals surface area contributed by atoms with Crippen LogP contribution in [0.15, 0.2) is 24.5 Å². The molecule has 0 aliphatic rings. The molecule has 0 aliphatic carbocycles. The predicted molar refractivity (Wildman–Crippen MR) is 69.3 cm³/mol. The molecule has 0 unspecified atom stereocenters. The molecular formula is C11H12N6S. The molecule has 0 spiro atoms. The van der Waals surface area contributed by atoms with E-state index in [2.05, 4.69) is 20.3 Å². The second-order valence-corrected chi connectivity index (χ2v) is 4.89. The summed E-state index contributed by atoms with van der Waals surface area (Å²) >= 11 is 1.55. The van der Waals surface area contributed by atoms with Gasteiger partial charge in [0, 0.05) is 24.4 Å². The van der Waals surface area contributed by atoms with E-state index in [1.165, 1.54) is 0 Å². The second-order valence-electron chi connectivity index (χ2n) is 3.85. The van der Waals surface area contributed by atoms with Crippen LogP contribution in [0.2, 0.25) is 0 Å². The van der Waals surface area contributed by atoms with Gasteiger partial charge in [0.1, 0.15) is 5.01 Å². The maximum Gasteiger partial charge on any atom is 0.234 e. The van der Waals surface area contributed by atoms with E-state index in [4.69, 9.17) is 5.73 Å². The van der Waals surface area contributed by atoms with Crippen molar-refractivity contribution in [2.75, 3.05) is 6.54 Å². The normalized spacial score (nSPS) is 11.2. The number of pyridine rings is 1. The van der Waals surface area contributed by atoms with Crippen molar-refractivity contribution in [3.05, 3.63) is 29.5 Å². The van der Waals surface area contributed by atoms with Gasteiger partial charge in [0.25, 0.3) is 0 Å². The molecule has 0 fully saturated rings. The zero-order valence-electron chi connectivity index (χ0n) is 9.65. The highest BCUT2D eigenvalue weighted by Gasteiger charge is 2.12. The minimum absolute atomic E-state index is 0.676. The van der Waals surface area contributed by atoms with E-state index in [0.29, 0.717) is 6.54 Å². The summed E-state index contributed by atoms with van der Waals surface area (Å²) in [6.07, 6.45) is 5.31. The number of nitrogens with zero attached hydrogens (tertiary/aromatic N) is 5. The summed E-state index contributed by atoms with van der Waals surface area (Å²) in [6.45, 7) is 0.676. The summed E-state index contributed by atoms with van der Waals surface area (Å²) < 4.78 is 1.77. The lowest BCUT2D eigenvalue weighted by Crippen LogP contribution is -2.00. The molecule has 92 valence electrons. The molecule has 6 nitrogen and oxygen atoms in total. The lowest BCUT2D eigenvalue weighted by Gasteiger charge is -1.95. The number of nitrogens with two attached hydrogens (primary N) is 1. The summed E-state index contributed by atoms with van der Waals surface area (Å²) in [6, 6.07) is 3.82. The Kier molecular flexibility index (Phi) is 2.99. The minimum Gasteiger partial charge on any atom is -0.330 e. The monoisotopic (exact) mass is 260 g/mol. The summed E-state index contributed by atoms with van der Waals surface area (Å²) in [4.78, 5) is 4.89. The van der Waals surface area contributed by atoms with E-state index in [1.807, 2.05) is 12.1 Å². The molecule has 3 heterocycles. The average Bonchev–Trinajstić information content (AvgIpc) is 2.96. The summed E-state index contributed by atoms with van der Waals surface area (Å²) in [5.41, 5.74) is 6.42. The van der Waals surface area contributed by atoms with Crippen molar-refractivity contribution in [2.45, 2.75) is 12.8 Å². The van der Waals surface area contributed by atoms with Gasteiger partial charge < -0.3 is 5.73 Å². The Labute approximate surface area is 107 Å². The first kappa shape index (κ1) is 11.2. The van der Waals surface area contributed by atoms with Gasteiger partial charge in [-0.15, -0.1) is 10.2 Å². The molecule has 0 bridgehead atoms. The van der Waals surface area contributed by atoms with Gasteiger partial charge in [-0.25, -0.2) is 0 Å². The number of hydrogen-bond donors (Lipinski definition) is 1. The highest BCUT2D eigenvalue weighted by molar-refractivity contribution is 7.16. The number of aromatic nitrogens is 5. The molecule has 0 aliphatic heterocycles.